The van der Waals surface area contributed by atoms with Crippen molar-refractivity contribution in [2.24, 2.45) is 0 Å². The van der Waals surface area contributed by atoms with E-state index in [-0.39, 0.29) is 6.10 Å². The Morgan fingerprint density at radius 3 is 2.56 bits per heavy atom. The molecule has 0 radical (unpaired) electrons. The van der Waals surface area contributed by atoms with Gasteiger partial charge in [0.15, 0.2) is 0 Å². The monoisotopic (exact) mass is 381 g/mol. The summed E-state index contributed by atoms with van der Waals surface area (Å²) in [5.41, 5.74) is 2.35. The number of rotatable bonds is 7. The molecule has 1 atom stereocenters. The fourth-order valence-electron chi connectivity index (χ4n) is 2.58. The number of ether oxygens (including phenoxy) is 1. The van der Waals surface area contributed by atoms with Crippen molar-refractivity contribution in [1.82, 2.24) is 5.16 Å². The minimum Gasteiger partial charge on any atom is -0.373 e. The van der Waals surface area contributed by atoms with Crippen molar-refractivity contribution in [1.29, 1.82) is 0 Å². The summed E-state index contributed by atoms with van der Waals surface area (Å²) in [7, 11) is 0. The van der Waals surface area contributed by atoms with Crippen LogP contribution in [0.4, 0.5) is 0 Å². The van der Waals surface area contributed by atoms with E-state index in [2.05, 4.69) is 11.7 Å². The average Bonchev–Trinajstić information content (AvgIpc) is 3.36. The first-order valence-electron chi connectivity index (χ1n) is 8.06. The lowest BCUT2D eigenvalue weighted by molar-refractivity contribution is -0.0979. The Labute approximate surface area is 157 Å². The maximum atomic E-state index is 8.00. The number of nitrogens with zero attached hydrogens (tertiary/aromatic N) is 1. The molecule has 134 valence electrons. The highest BCUT2D eigenvalue weighted by Crippen LogP contribution is 2.46. The Balaban J connectivity index is 0.00000109. The summed E-state index contributed by atoms with van der Waals surface area (Å²) in [4.78, 5) is 8.00. The van der Waals surface area contributed by atoms with Gasteiger partial charge in [0.25, 0.3) is 0 Å². The second-order valence-corrected chi connectivity index (χ2v) is 6.71. The molecule has 2 aromatic rings. The van der Waals surface area contributed by atoms with Gasteiger partial charge in [0.05, 0.1) is 22.8 Å². The van der Waals surface area contributed by atoms with E-state index in [1.165, 1.54) is 0 Å². The Hall–Kier alpha value is -1.62. The highest BCUT2D eigenvalue weighted by atomic mass is 35.5. The fourth-order valence-corrected chi connectivity index (χ4v) is 3.15. The van der Waals surface area contributed by atoms with Gasteiger partial charge < -0.3 is 14.1 Å². The Kier molecular flexibility index (Phi) is 7.24. The first kappa shape index (κ1) is 19.7. The van der Waals surface area contributed by atoms with E-state index < -0.39 is 0 Å². The van der Waals surface area contributed by atoms with Crippen molar-refractivity contribution < 1.29 is 14.1 Å². The molecule has 25 heavy (non-hydrogen) atoms. The van der Waals surface area contributed by atoms with Gasteiger partial charge in [-0.1, -0.05) is 40.5 Å². The summed E-state index contributed by atoms with van der Waals surface area (Å²) in [6, 6.07) is 5.43. The van der Waals surface area contributed by atoms with Gasteiger partial charge in [-0.15, -0.1) is 6.58 Å². The third-order valence-corrected chi connectivity index (χ3v) is 4.61. The molecule has 1 fully saturated rings. The van der Waals surface area contributed by atoms with Crippen LogP contribution in [-0.2, 0) is 16.1 Å². The lowest BCUT2D eigenvalue weighted by atomic mass is 10.0. The van der Waals surface area contributed by atoms with E-state index >= 15 is 0 Å². The van der Waals surface area contributed by atoms with Crippen molar-refractivity contribution in [2.45, 2.75) is 44.8 Å². The molecule has 1 unspecified atom stereocenters. The highest BCUT2D eigenvalue weighted by Gasteiger charge is 2.33. The molecular formula is C19H21Cl2NO3. The van der Waals surface area contributed by atoms with Crippen molar-refractivity contribution in [2.75, 3.05) is 0 Å². The molecule has 6 heteroatoms. The molecule has 1 heterocycles. The zero-order valence-electron chi connectivity index (χ0n) is 14.1. The summed E-state index contributed by atoms with van der Waals surface area (Å²) < 4.78 is 11.5. The third-order valence-electron chi connectivity index (χ3n) is 3.98. The maximum absolute atomic E-state index is 8.00. The summed E-state index contributed by atoms with van der Waals surface area (Å²) >= 11 is 12.7. The molecule has 0 saturated heterocycles. The minimum atomic E-state index is 0.0871. The predicted octanol–water partition coefficient (Wildman–Crippen LogP) is 5.82. The van der Waals surface area contributed by atoms with Crippen LogP contribution in [0.5, 0.6) is 0 Å². The van der Waals surface area contributed by atoms with Crippen LogP contribution in [0.25, 0.3) is 11.3 Å². The average molecular weight is 382 g/mol. The molecule has 3 rings (SSSR count). The normalized spacial score (nSPS) is 14.5. The van der Waals surface area contributed by atoms with Crippen molar-refractivity contribution >= 4 is 30.0 Å². The Bertz CT molecular complexity index is 705. The van der Waals surface area contributed by atoms with E-state index in [9.17, 15) is 0 Å². The molecule has 0 amide bonds. The van der Waals surface area contributed by atoms with Gasteiger partial charge in [0.2, 0.25) is 0 Å². The molecule has 4 nitrogen and oxygen atoms in total. The summed E-state index contributed by atoms with van der Waals surface area (Å²) in [6.45, 7) is 8.20. The van der Waals surface area contributed by atoms with Gasteiger partial charge in [-0.3, -0.25) is 0 Å². The standard InChI is InChI=1S/C18H19Cl2NO2.CH2O/c1-3-5-11(2)22-10-13-17(21-23-18(13)12-8-9-12)16-14(19)6-4-7-15(16)20;1-2/h3-4,6-7,11-12H,1,5,8-10H2,2H3;1H2. The molecule has 0 bridgehead atoms. The number of hydrogen-bond donors (Lipinski definition) is 0. The number of benzene rings is 1. The van der Waals surface area contributed by atoms with E-state index in [1.54, 1.807) is 12.1 Å². The molecule has 1 aromatic carbocycles. The van der Waals surface area contributed by atoms with Crippen LogP contribution >= 0.6 is 23.2 Å². The van der Waals surface area contributed by atoms with Crippen LogP contribution in [0.15, 0.2) is 35.4 Å². The van der Waals surface area contributed by atoms with E-state index in [4.69, 9.17) is 37.3 Å². The summed E-state index contributed by atoms with van der Waals surface area (Å²) in [5.74, 6) is 1.34. The molecule has 0 spiro atoms. The summed E-state index contributed by atoms with van der Waals surface area (Å²) in [6.07, 6.45) is 4.99. The second-order valence-electron chi connectivity index (χ2n) is 5.89. The van der Waals surface area contributed by atoms with E-state index in [1.807, 2.05) is 25.9 Å². The van der Waals surface area contributed by atoms with Crippen LogP contribution in [0.3, 0.4) is 0 Å². The van der Waals surface area contributed by atoms with Gasteiger partial charge >= 0.3 is 0 Å². The first-order valence-corrected chi connectivity index (χ1v) is 8.81. The predicted molar refractivity (Wildman–Crippen MR) is 100 cm³/mol. The molecule has 1 aliphatic carbocycles. The fraction of sp³-hybridized carbons (Fsp3) is 0.368. The molecule has 1 saturated carbocycles. The van der Waals surface area contributed by atoms with Crippen molar-refractivity contribution in [3.63, 3.8) is 0 Å². The van der Waals surface area contributed by atoms with Crippen molar-refractivity contribution in [3.8, 4) is 11.3 Å². The Morgan fingerprint density at radius 2 is 2.00 bits per heavy atom. The lowest BCUT2D eigenvalue weighted by Gasteiger charge is -2.12. The second kappa shape index (κ2) is 9.18. The van der Waals surface area contributed by atoms with E-state index in [0.717, 1.165) is 30.6 Å². The topological polar surface area (TPSA) is 52.3 Å². The zero-order chi connectivity index (χ0) is 18.4. The maximum Gasteiger partial charge on any atom is 0.145 e. The van der Waals surface area contributed by atoms with Crippen LogP contribution in [0.1, 0.15) is 43.4 Å². The molecular weight excluding hydrogens is 361 g/mol. The zero-order valence-corrected chi connectivity index (χ0v) is 15.6. The van der Waals surface area contributed by atoms with Crippen LogP contribution in [-0.4, -0.2) is 18.0 Å². The Morgan fingerprint density at radius 1 is 1.36 bits per heavy atom. The molecule has 0 N–H and O–H groups in total. The number of halogens is 2. The highest BCUT2D eigenvalue weighted by molar-refractivity contribution is 6.39. The van der Waals surface area contributed by atoms with Crippen LogP contribution in [0.2, 0.25) is 10.0 Å². The largest absolute Gasteiger partial charge is 0.373 e. The molecule has 1 aromatic heterocycles. The molecule has 0 aliphatic heterocycles. The number of hydrogen-bond acceptors (Lipinski definition) is 4. The smallest absolute Gasteiger partial charge is 0.145 e. The van der Waals surface area contributed by atoms with Gasteiger partial charge in [0, 0.05) is 17.0 Å². The van der Waals surface area contributed by atoms with Gasteiger partial charge in [-0.25, -0.2) is 0 Å². The lowest BCUT2D eigenvalue weighted by Crippen LogP contribution is -2.07. The summed E-state index contributed by atoms with van der Waals surface area (Å²) in [5, 5.41) is 5.38. The number of aromatic nitrogens is 1. The van der Waals surface area contributed by atoms with E-state index in [0.29, 0.717) is 33.8 Å². The van der Waals surface area contributed by atoms with Crippen LogP contribution < -0.4 is 0 Å². The van der Waals surface area contributed by atoms with Crippen molar-refractivity contribution in [3.05, 3.63) is 52.2 Å². The SMILES string of the molecule is C=CCC(C)OCc1c(-c2c(Cl)cccc2Cl)noc1C1CC1.C=O. The minimum absolute atomic E-state index is 0.0871. The number of carbonyl (C=O) groups is 1. The van der Waals surface area contributed by atoms with Crippen LogP contribution in [0, 0.1) is 0 Å². The third kappa shape index (κ3) is 4.72. The number of carbonyl (C=O) groups excluding carboxylic acids is 1. The quantitative estimate of drug-likeness (QED) is 0.566. The van der Waals surface area contributed by atoms with Gasteiger partial charge in [-0.2, -0.15) is 0 Å². The molecule has 1 aliphatic rings. The first-order chi connectivity index (χ1) is 12.1. The van der Waals surface area contributed by atoms with Gasteiger partial charge in [0.1, 0.15) is 18.2 Å². The van der Waals surface area contributed by atoms with Gasteiger partial charge in [-0.05, 0) is 38.3 Å².